The number of esters is 1. The lowest BCUT2D eigenvalue weighted by Gasteiger charge is -2.08. The Morgan fingerprint density at radius 1 is 1.45 bits per heavy atom. The molecule has 20 heavy (non-hydrogen) atoms. The van der Waals surface area contributed by atoms with E-state index in [0.29, 0.717) is 23.4 Å². The molecule has 5 nitrogen and oxygen atoms in total. The van der Waals surface area contributed by atoms with Gasteiger partial charge in [0.15, 0.2) is 0 Å². The van der Waals surface area contributed by atoms with Crippen molar-refractivity contribution in [3.05, 3.63) is 16.0 Å². The monoisotopic (exact) mass is 296 g/mol. The van der Waals surface area contributed by atoms with Crippen LogP contribution in [0.3, 0.4) is 0 Å². The van der Waals surface area contributed by atoms with Gasteiger partial charge < -0.3 is 15.8 Å². The number of aryl methyl sites for hydroxylation is 1. The van der Waals surface area contributed by atoms with Crippen LogP contribution in [0.2, 0.25) is 0 Å². The number of nitrogens with one attached hydrogen (secondary N) is 1. The summed E-state index contributed by atoms with van der Waals surface area (Å²) in [5, 5.41) is 3.46. The van der Waals surface area contributed by atoms with Crippen molar-refractivity contribution < 1.29 is 14.3 Å². The molecule has 1 aromatic rings. The van der Waals surface area contributed by atoms with Crippen molar-refractivity contribution in [3.63, 3.8) is 0 Å². The van der Waals surface area contributed by atoms with Crippen molar-refractivity contribution in [2.24, 2.45) is 5.73 Å². The molecule has 6 heteroatoms. The summed E-state index contributed by atoms with van der Waals surface area (Å²) in [6.45, 7) is 1.87. The van der Waals surface area contributed by atoms with E-state index in [2.05, 4.69) is 5.32 Å². The van der Waals surface area contributed by atoms with E-state index in [1.807, 2.05) is 6.92 Å². The topological polar surface area (TPSA) is 81.4 Å². The molecule has 0 aromatic carbocycles. The van der Waals surface area contributed by atoms with Crippen LogP contribution in [0.15, 0.2) is 0 Å². The second-order valence-corrected chi connectivity index (χ2v) is 6.22. The van der Waals surface area contributed by atoms with Gasteiger partial charge in [-0.15, -0.1) is 11.3 Å². The average Bonchev–Trinajstić information content (AvgIpc) is 2.95. The highest BCUT2D eigenvalue weighted by atomic mass is 32.1. The number of fused-ring (bicyclic) bond motifs is 1. The second kappa shape index (κ2) is 6.37. The number of hydrogen-bond donors (Lipinski definition) is 2. The number of rotatable bonds is 5. The Labute approximate surface area is 122 Å². The smallest absolute Gasteiger partial charge is 0.341 e. The van der Waals surface area contributed by atoms with Gasteiger partial charge in [-0.2, -0.15) is 0 Å². The normalized spacial score (nSPS) is 14.8. The Morgan fingerprint density at radius 2 is 2.20 bits per heavy atom. The molecule has 1 aromatic heterocycles. The number of amides is 1. The molecule has 110 valence electrons. The maximum absolute atomic E-state index is 11.9. The van der Waals surface area contributed by atoms with Gasteiger partial charge in [0, 0.05) is 17.3 Å². The predicted octanol–water partition coefficient (Wildman–Crippen LogP) is 2.09. The zero-order chi connectivity index (χ0) is 14.7. The molecule has 1 aliphatic rings. The molecule has 1 heterocycles. The number of carbonyl (C=O) groups is 2. The van der Waals surface area contributed by atoms with E-state index in [-0.39, 0.29) is 17.9 Å². The number of carbonyl (C=O) groups excluding carboxylic acids is 2. The van der Waals surface area contributed by atoms with E-state index in [1.165, 1.54) is 23.3 Å². The summed E-state index contributed by atoms with van der Waals surface area (Å²) in [5.41, 5.74) is 7.23. The molecule has 0 saturated carbocycles. The molecule has 1 amide bonds. The van der Waals surface area contributed by atoms with E-state index in [4.69, 9.17) is 10.5 Å². The zero-order valence-electron chi connectivity index (χ0n) is 11.8. The van der Waals surface area contributed by atoms with E-state index < -0.39 is 0 Å². The lowest BCUT2D eigenvalue weighted by Crippen LogP contribution is -2.20. The Hall–Kier alpha value is -1.40. The molecule has 1 unspecified atom stereocenters. The molecule has 0 spiro atoms. The first-order valence-electron chi connectivity index (χ1n) is 6.81. The number of methoxy groups -OCH3 is 1. The van der Waals surface area contributed by atoms with Crippen molar-refractivity contribution in [3.8, 4) is 0 Å². The molecule has 0 fully saturated rings. The van der Waals surface area contributed by atoms with Crippen molar-refractivity contribution in [1.82, 2.24) is 0 Å². The molecule has 1 atom stereocenters. The maximum Gasteiger partial charge on any atom is 0.341 e. The van der Waals surface area contributed by atoms with Gasteiger partial charge in [0.1, 0.15) is 5.00 Å². The Morgan fingerprint density at radius 3 is 2.85 bits per heavy atom. The molecule has 0 radical (unpaired) electrons. The highest BCUT2D eigenvalue weighted by Crippen LogP contribution is 2.39. The van der Waals surface area contributed by atoms with Crippen molar-refractivity contribution >= 4 is 28.2 Å². The molecular formula is C14H20N2O3S. The van der Waals surface area contributed by atoms with Crippen LogP contribution in [0.4, 0.5) is 5.00 Å². The largest absolute Gasteiger partial charge is 0.465 e. The van der Waals surface area contributed by atoms with Gasteiger partial charge in [-0.25, -0.2) is 4.79 Å². The summed E-state index contributed by atoms with van der Waals surface area (Å²) < 4.78 is 4.84. The Bertz CT molecular complexity index is 523. The first-order chi connectivity index (χ1) is 9.52. The maximum atomic E-state index is 11.9. The molecule has 0 saturated heterocycles. The van der Waals surface area contributed by atoms with Gasteiger partial charge in [0.05, 0.1) is 12.7 Å². The number of ether oxygens (including phenoxy) is 1. The molecule has 3 N–H and O–H groups in total. The van der Waals surface area contributed by atoms with Gasteiger partial charge in [-0.05, 0) is 38.2 Å². The van der Waals surface area contributed by atoms with Crippen LogP contribution in [0.25, 0.3) is 0 Å². The van der Waals surface area contributed by atoms with Gasteiger partial charge >= 0.3 is 5.97 Å². The Balaban J connectivity index is 2.15. The van der Waals surface area contributed by atoms with Crippen molar-refractivity contribution in [2.45, 2.75) is 45.1 Å². The minimum Gasteiger partial charge on any atom is -0.465 e. The first-order valence-corrected chi connectivity index (χ1v) is 7.62. The fourth-order valence-electron chi connectivity index (χ4n) is 2.36. The third kappa shape index (κ3) is 3.19. The first kappa shape index (κ1) is 15.0. The third-order valence-corrected chi connectivity index (χ3v) is 4.60. The van der Waals surface area contributed by atoms with Crippen LogP contribution >= 0.6 is 11.3 Å². The van der Waals surface area contributed by atoms with E-state index in [9.17, 15) is 9.59 Å². The molecule has 2 rings (SSSR count). The van der Waals surface area contributed by atoms with Crippen molar-refractivity contribution in [1.29, 1.82) is 0 Å². The molecule has 1 aliphatic carbocycles. The number of nitrogens with two attached hydrogens (primary N) is 1. The van der Waals surface area contributed by atoms with Crippen LogP contribution in [0, 0.1) is 0 Å². The summed E-state index contributed by atoms with van der Waals surface area (Å²) in [6, 6.07) is -0.00540. The summed E-state index contributed by atoms with van der Waals surface area (Å²) in [4.78, 5) is 25.0. The van der Waals surface area contributed by atoms with Crippen LogP contribution in [0.5, 0.6) is 0 Å². The third-order valence-electron chi connectivity index (χ3n) is 3.39. The predicted molar refractivity (Wildman–Crippen MR) is 79.2 cm³/mol. The molecule has 0 aliphatic heterocycles. The summed E-state index contributed by atoms with van der Waals surface area (Å²) in [5.74, 6) is -0.473. The van der Waals surface area contributed by atoms with Gasteiger partial charge in [-0.3, -0.25) is 4.79 Å². The summed E-state index contributed by atoms with van der Waals surface area (Å²) in [6.07, 6.45) is 3.90. The second-order valence-electron chi connectivity index (χ2n) is 5.12. The quantitative estimate of drug-likeness (QED) is 0.815. The number of hydrogen-bond acceptors (Lipinski definition) is 5. The average molecular weight is 296 g/mol. The summed E-state index contributed by atoms with van der Waals surface area (Å²) >= 11 is 1.49. The van der Waals surface area contributed by atoms with E-state index in [0.717, 1.165) is 24.8 Å². The SMILES string of the molecule is COC(=O)c1c(NC(=O)CCC(C)N)sc2c1CCC2. The number of anilines is 1. The fraction of sp³-hybridized carbons (Fsp3) is 0.571. The van der Waals surface area contributed by atoms with Gasteiger partial charge in [0.25, 0.3) is 0 Å². The lowest BCUT2D eigenvalue weighted by molar-refractivity contribution is -0.116. The standard InChI is InChI=1S/C14H20N2O3S/c1-8(15)6-7-11(17)16-13-12(14(18)19-2)9-4-3-5-10(9)20-13/h8H,3-7,15H2,1-2H3,(H,16,17). The summed E-state index contributed by atoms with van der Waals surface area (Å²) in [7, 11) is 1.36. The molecular weight excluding hydrogens is 276 g/mol. The van der Waals surface area contributed by atoms with Crippen LogP contribution in [-0.2, 0) is 22.4 Å². The highest BCUT2D eigenvalue weighted by molar-refractivity contribution is 7.17. The Kier molecular flexibility index (Phi) is 4.77. The minimum absolute atomic E-state index is 0.00540. The minimum atomic E-state index is -0.369. The van der Waals surface area contributed by atoms with Crippen LogP contribution < -0.4 is 11.1 Å². The van der Waals surface area contributed by atoms with Gasteiger partial charge in [-0.1, -0.05) is 0 Å². The zero-order valence-corrected chi connectivity index (χ0v) is 12.6. The fourth-order valence-corrected chi connectivity index (χ4v) is 3.65. The number of thiophene rings is 1. The van der Waals surface area contributed by atoms with Crippen LogP contribution in [-0.4, -0.2) is 25.0 Å². The highest BCUT2D eigenvalue weighted by Gasteiger charge is 2.27. The lowest BCUT2D eigenvalue weighted by atomic mass is 10.1. The van der Waals surface area contributed by atoms with E-state index >= 15 is 0 Å². The van der Waals surface area contributed by atoms with E-state index in [1.54, 1.807) is 0 Å². The van der Waals surface area contributed by atoms with Crippen LogP contribution in [0.1, 0.15) is 47.0 Å². The van der Waals surface area contributed by atoms with Crippen molar-refractivity contribution in [2.75, 3.05) is 12.4 Å². The molecule has 0 bridgehead atoms. The van der Waals surface area contributed by atoms with Gasteiger partial charge in [0.2, 0.25) is 5.91 Å².